The smallest absolute Gasteiger partial charge is 0.206 e. The number of hydrogen-bond donors (Lipinski definition) is 0. The van der Waals surface area contributed by atoms with Crippen LogP contribution in [0.4, 0.5) is 5.95 Å². The molecule has 0 unspecified atom stereocenters. The first-order valence-corrected chi connectivity index (χ1v) is 11.4. The SMILES string of the molecule is CN(Cc1ccccc1)c1nc2cc(C#Cc3ccc(-c4ccc(Cl)cc4)cn3)ccc2n1C. The Morgan fingerprint density at radius 3 is 2.38 bits per heavy atom. The van der Waals surface area contributed by atoms with E-state index < -0.39 is 0 Å². The molecule has 34 heavy (non-hydrogen) atoms. The molecule has 0 aliphatic heterocycles. The van der Waals surface area contributed by atoms with Crippen LogP contribution in [0.3, 0.4) is 0 Å². The van der Waals surface area contributed by atoms with E-state index in [-0.39, 0.29) is 0 Å². The van der Waals surface area contributed by atoms with Gasteiger partial charge in [0.25, 0.3) is 0 Å². The first kappa shape index (κ1) is 21.8. The van der Waals surface area contributed by atoms with E-state index in [2.05, 4.69) is 63.7 Å². The van der Waals surface area contributed by atoms with Crippen molar-refractivity contribution < 1.29 is 0 Å². The zero-order valence-electron chi connectivity index (χ0n) is 19.0. The highest BCUT2D eigenvalue weighted by Gasteiger charge is 2.12. The summed E-state index contributed by atoms with van der Waals surface area (Å²) >= 11 is 5.98. The highest BCUT2D eigenvalue weighted by Crippen LogP contribution is 2.23. The zero-order valence-corrected chi connectivity index (χ0v) is 19.8. The van der Waals surface area contributed by atoms with Crippen LogP contribution in [0.5, 0.6) is 0 Å². The number of aromatic nitrogens is 3. The lowest BCUT2D eigenvalue weighted by molar-refractivity contribution is 0.818. The van der Waals surface area contributed by atoms with Crippen LogP contribution in [0, 0.1) is 11.8 Å². The van der Waals surface area contributed by atoms with Crippen molar-refractivity contribution in [2.75, 3.05) is 11.9 Å². The summed E-state index contributed by atoms with van der Waals surface area (Å²) in [5.74, 6) is 7.31. The molecule has 0 saturated heterocycles. The maximum absolute atomic E-state index is 5.98. The van der Waals surface area contributed by atoms with Crippen LogP contribution in [0.2, 0.25) is 5.02 Å². The van der Waals surface area contributed by atoms with E-state index in [0.717, 1.165) is 50.9 Å². The van der Waals surface area contributed by atoms with Crippen molar-refractivity contribution in [3.63, 3.8) is 0 Å². The second kappa shape index (κ2) is 9.43. The largest absolute Gasteiger partial charge is 0.341 e. The predicted octanol–water partition coefficient (Wildman–Crippen LogP) is 6.32. The number of benzene rings is 3. The topological polar surface area (TPSA) is 34.0 Å². The quantitative estimate of drug-likeness (QED) is 0.293. The van der Waals surface area contributed by atoms with E-state index in [1.54, 1.807) is 0 Å². The number of pyridine rings is 1. The predicted molar refractivity (Wildman–Crippen MR) is 140 cm³/mol. The minimum atomic E-state index is 0.721. The number of nitrogens with zero attached hydrogens (tertiary/aromatic N) is 4. The van der Waals surface area contributed by atoms with Gasteiger partial charge < -0.3 is 9.47 Å². The highest BCUT2D eigenvalue weighted by molar-refractivity contribution is 6.30. The number of aryl methyl sites for hydroxylation is 1. The van der Waals surface area contributed by atoms with Crippen molar-refractivity contribution in [3.05, 3.63) is 113 Å². The van der Waals surface area contributed by atoms with Gasteiger partial charge in [-0.2, -0.15) is 0 Å². The Bertz CT molecular complexity index is 1490. The third-order valence-corrected chi connectivity index (χ3v) is 5.99. The molecule has 2 aromatic heterocycles. The molecule has 2 heterocycles. The number of anilines is 1. The van der Waals surface area contributed by atoms with E-state index in [0.29, 0.717) is 0 Å². The van der Waals surface area contributed by atoms with Crippen molar-refractivity contribution in [3.8, 4) is 23.0 Å². The fraction of sp³-hybridized carbons (Fsp3) is 0.103. The van der Waals surface area contributed by atoms with Crippen molar-refractivity contribution >= 4 is 28.6 Å². The number of halogens is 1. The van der Waals surface area contributed by atoms with E-state index in [4.69, 9.17) is 16.6 Å². The maximum atomic E-state index is 5.98. The molecular weight excluding hydrogens is 440 g/mol. The fourth-order valence-corrected chi connectivity index (χ4v) is 4.08. The second-order valence-electron chi connectivity index (χ2n) is 8.20. The summed E-state index contributed by atoms with van der Waals surface area (Å²) in [6.45, 7) is 0.794. The molecule has 0 spiro atoms. The zero-order chi connectivity index (χ0) is 23.5. The van der Waals surface area contributed by atoms with Crippen LogP contribution in [0.15, 0.2) is 91.1 Å². The van der Waals surface area contributed by atoms with Gasteiger partial charge in [-0.05, 0) is 53.4 Å². The van der Waals surface area contributed by atoms with Crippen molar-refractivity contribution in [2.24, 2.45) is 7.05 Å². The molecule has 166 valence electrons. The first-order chi connectivity index (χ1) is 16.6. The summed E-state index contributed by atoms with van der Waals surface area (Å²) in [5, 5.41) is 0.721. The minimum absolute atomic E-state index is 0.721. The lowest BCUT2D eigenvalue weighted by atomic mass is 10.1. The normalized spacial score (nSPS) is 10.7. The van der Waals surface area contributed by atoms with E-state index in [1.807, 2.05) is 67.8 Å². The Kier molecular flexibility index (Phi) is 6.03. The minimum Gasteiger partial charge on any atom is -0.341 e. The summed E-state index contributed by atoms with van der Waals surface area (Å²) in [5.41, 5.74) is 6.99. The van der Waals surface area contributed by atoms with E-state index in [1.165, 1.54) is 5.56 Å². The van der Waals surface area contributed by atoms with Crippen LogP contribution in [0.25, 0.3) is 22.2 Å². The molecule has 0 aliphatic carbocycles. The van der Waals surface area contributed by atoms with Gasteiger partial charge in [-0.25, -0.2) is 9.97 Å². The summed E-state index contributed by atoms with van der Waals surface area (Å²) < 4.78 is 2.12. The summed E-state index contributed by atoms with van der Waals surface area (Å²) in [6.07, 6.45) is 1.84. The Labute approximate surface area is 204 Å². The molecule has 5 rings (SSSR count). The van der Waals surface area contributed by atoms with Crippen LogP contribution < -0.4 is 4.90 Å². The van der Waals surface area contributed by atoms with Crippen LogP contribution in [0.1, 0.15) is 16.8 Å². The molecule has 5 aromatic rings. The number of hydrogen-bond acceptors (Lipinski definition) is 3. The molecule has 0 N–H and O–H groups in total. The number of rotatable bonds is 4. The van der Waals surface area contributed by atoms with Crippen LogP contribution >= 0.6 is 11.6 Å². The Balaban J connectivity index is 1.35. The Hall–Kier alpha value is -4.07. The second-order valence-corrected chi connectivity index (χ2v) is 8.64. The fourth-order valence-electron chi connectivity index (χ4n) is 3.95. The summed E-state index contributed by atoms with van der Waals surface area (Å²) in [7, 11) is 4.11. The summed E-state index contributed by atoms with van der Waals surface area (Å²) in [4.78, 5) is 11.5. The van der Waals surface area contributed by atoms with Gasteiger partial charge in [-0.15, -0.1) is 0 Å². The highest BCUT2D eigenvalue weighted by atomic mass is 35.5. The van der Waals surface area contributed by atoms with Crippen LogP contribution in [-0.4, -0.2) is 21.6 Å². The molecule has 0 radical (unpaired) electrons. The first-order valence-electron chi connectivity index (χ1n) is 11.0. The van der Waals surface area contributed by atoms with Crippen LogP contribution in [-0.2, 0) is 13.6 Å². The molecule has 0 amide bonds. The number of fused-ring (bicyclic) bond motifs is 1. The van der Waals surface area contributed by atoms with Gasteiger partial charge in [0.05, 0.1) is 11.0 Å². The molecule has 3 aromatic carbocycles. The Morgan fingerprint density at radius 2 is 1.65 bits per heavy atom. The number of imidazole rings is 1. The average molecular weight is 463 g/mol. The molecule has 4 nitrogen and oxygen atoms in total. The standard InChI is InChI=1S/C29H23ClN4/c1-33(20-22-6-4-3-5-7-22)29-32-27-18-21(9-17-28(27)34(29)2)8-15-26-16-12-24(19-31-26)23-10-13-25(30)14-11-23/h3-7,9-14,16-19H,20H2,1-2H3. The maximum Gasteiger partial charge on any atom is 0.206 e. The summed E-state index contributed by atoms with van der Waals surface area (Å²) in [6, 6.07) is 28.2. The van der Waals surface area contributed by atoms with Gasteiger partial charge >= 0.3 is 0 Å². The molecule has 5 heteroatoms. The monoisotopic (exact) mass is 462 g/mol. The van der Waals surface area contributed by atoms with Gasteiger partial charge in [0, 0.05) is 43.0 Å². The molecule has 0 aliphatic rings. The Morgan fingerprint density at radius 1 is 0.882 bits per heavy atom. The van der Waals surface area contributed by atoms with Crippen molar-refractivity contribution in [2.45, 2.75) is 6.54 Å². The lowest BCUT2D eigenvalue weighted by Gasteiger charge is -2.18. The van der Waals surface area contributed by atoms with Crippen molar-refractivity contribution in [1.29, 1.82) is 0 Å². The van der Waals surface area contributed by atoms with Gasteiger partial charge in [-0.1, -0.05) is 66.1 Å². The lowest BCUT2D eigenvalue weighted by Crippen LogP contribution is -2.19. The average Bonchev–Trinajstić information content (AvgIpc) is 3.20. The third-order valence-electron chi connectivity index (χ3n) is 5.74. The van der Waals surface area contributed by atoms with Gasteiger partial charge in [0.2, 0.25) is 5.95 Å². The van der Waals surface area contributed by atoms with Gasteiger partial charge in [0.15, 0.2) is 0 Å². The molecule has 0 saturated carbocycles. The third kappa shape index (κ3) is 4.66. The van der Waals surface area contributed by atoms with Gasteiger partial charge in [0.1, 0.15) is 5.69 Å². The van der Waals surface area contributed by atoms with E-state index >= 15 is 0 Å². The van der Waals surface area contributed by atoms with E-state index in [9.17, 15) is 0 Å². The molecular formula is C29H23ClN4. The molecule has 0 bridgehead atoms. The van der Waals surface area contributed by atoms with Crippen molar-refractivity contribution in [1.82, 2.24) is 14.5 Å². The molecule has 0 fully saturated rings. The molecule has 0 atom stereocenters. The van der Waals surface area contributed by atoms with Gasteiger partial charge in [-0.3, -0.25) is 0 Å².